The van der Waals surface area contributed by atoms with E-state index in [1.807, 2.05) is 4.90 Å². The summed E-state index contributed by atoms with van der Waals surface area (Å²) < 4.78 is 11.9. The lowest BCUT2D eigenvalue weighted by atomic mass is 9.53. The number of piperazine rings is 1. The number of ether oxygens (including phenoxy) is 2. The summed E-state index contributed by atoms with van der Waals surface area (Å²) in [4.78, 5) is 27.7. The van der Waals surface area contributed by atoms with Crippen molar-refractivity contribution in [2.75, 3.05) is 39.3 Å². The van der Waals surface area contributed by atoms with Crippen molar-refractivity contribution >= 4 is 11.9 Å². The van der Waals surface area contributed by atoms with E-state index in [1.165, 1.54) is 24.2 Å². The van der Waals surface area contributed by atoms with Gasteiger partial charge in [0.1, 0.15) is 12.0 Å². The maximum Gasteiger partial charge on any atom is 0.315 e. The van der Waals surface area contributed by atoms with Gasteiger partial charge in [-0.25, -0.2) is 0 Å². The molecule has 1 spiro atoms. The Hall–Kier alpha value is -1.14. The molecule has 0 aromatic heterocycles. The Kier molecular flexibility index (Phi) is 4.10. The van der Waals surface area contributed by atoms with Gasteiger partial charge in [0.15, 0.2) is 0 Å². The van der Waals surface area contributed by atoms with Crippen LogP contribution in [0.4, 0.5) is 0 Å². The highest BCUT2D eigenvalue weighted by molar-refractivity contribution is 5.75. The number of hydrogen-bond donors (Lipinski definition) is 1. The van der Waals surface area contributed by atoms with Crippen molar-refractivity contribution < 1.29 is 24.0 Å². The van der Waals surface area contributed by atoms with Gasteiger partial charge in [-0.05, 0) is 43.4 Å². The fourth-order valence-electron chi connectivity index (χ4n) is 6.84. The van der Waals surface area contributed by atoms with Crippen LogP contribution in [0.15, 0.2) is 0 Å². The smallest absolute Gasteiger partial charge is 0.315 e. The van der Waals surface area contributed by atoms with Crippen molar-refractivity contribution in [2.45, 2.75) is 57.7 Å². The maximum absolute atomic E-state index is 12.7. The van der Waals surface area contributed by atoms with E-state index in [1.54, 1.807) is 6.92 Å². The number of nitrogens with zero attached hydrogens (tertiary/aromatic N) is 1. The second-order valence-electron chi connectivity index (χ2n) is 10.1. The van der Waals surface area contributed by atoms with Gasteiger partial charge in [-0.3, -0.25) is 9.59 Å². The molecular weight excluding hydrogens is 344 g/mol. The highest BCUT2D eigenvalue weighted by Crippen LogP contribution is 2.62. The second kappa shape index (κ2) is 6.18. The number of epoxide rings is 1. The van der Waals surface area contributed by atoms with E-state index in [4.69, 9.17) is 9.47 Å². The molecule has 150 valence electrons. The first-order valence-electron chi connectivity index (χ1n) is 10.8. The molecule has 27 heavy (non-hydrogen) atoms. The first-order chi connectivity index (χ1) is 12.9. The van der Waals surface area contributed by atoms with Crippen LogP contribution in [0.3, 0.4) is 0 Å². The Morgan fingerprint density at radius 3 is 2.70 bits per heavy atom. The SMILES string of the molecule is CC(=O)N1CC[NH+](C[C@H]2C(=O)O[C@@H]3C[C@@]4(C)CCC[C@@]5(CO5)[C@H]4C[C@@H]32)CC1. The minimum Gasteiger partial charge on any atom is -0.462 e. The first kappa shape index (κ1) is 17.9. The summed E-state index contributed by atoms with van der Waals surface area (Å²) in [6.07, 6.45) is 5.89. The van der Waals surface area contributed by atoms with Gasteiger partial charge in [-0.15, -0.1) is 0 Å². The van der Waals surface area contributed by atoms with Crippen LogP contribution in [0.5, 0.6) is 0 Å². The highest BCUT2D eigenvalue weighted by atomic mass is 16.6. The quantitative estimate of drug-likeness (QED) is 0.554. The molecule has 3 aliphatic heterocycles. The van der Waals surface area contributed by atoms with Crippen molar-refractivity contribution in [1.82, 2.24) is 4.90 Å². The average Bonchev–Trinajstić information content (AvgIpc) is 3.33. The van der Waals surface area contributed by atoms with E-state index in [-0.39, 0.29) is 34.9 Å². The Bertz CT molecular complexity index is 640. The Balaban J connectivity index is 1.28. The number of hydrogen-bond acceptors (Lipinski definition) is 4. The number of carbonyl (C=O) groups excluding carboxylic acids is 2. The van der Waals surface area contributed by atoms with E-state index in [9.17, 15) is 9.59 Å². The molecule has 1 N–H and O–H groups in total. The molecule has 2 saturated carbocycles. The summed E-state index contributed by atoms with van der Waals surface area (Å²) >= 11 is 0. The van der Waals surface area contributed by atoms with Crippen LogP contribution in [0, 0.1) is 23.2 Å². The summed E-state index contributed by atoms with van der Waals surface area (Å²) in [5, 5.41) is 0. The van der Waals surface area contributed by atoms with Crippen LogP contribution in [0.1, 0.15) is 46.0 Å². The normalized spacial score (nSPS) is 46.7. The van der Waals surface area contributed by atoms with Crippen LogP contribution < -0.4 is 4.90 Å². The van der Waals surface area contributed by atoms with Gasteiger partial charge in [-0.2, -0.15) is 0 Å². The van der Waals surface area contributed by atoms with Gasteiger partial charge in [0.2, 0.25) is 5.91 Å². The van der Waals surface area contributed by atoms with Gasteiger partial charge in [0.05, 0.1) is 44.9 Å². The third kappa shape index (κ3) is 2.91. The Labute approximate surface area is 161 Å². The lowest BCUT2D eigenvalue weighted by molar-refractivity contribution is -0.906. The van der Waals surface area contributed by atoms with Crippen molar-refractivity contribution in [2.24, 2.45) is 23.2 Å². The van der Waals surface area contributed by atoms with E-state index in [0.29, 0.717) is 11.8 Å². The highest BCUT2D eigenvalue weighted by Gasteiger charge is 2.65. The monoisotopic (exact) mass is 377 g/mol. The average molecular weight is 378 g/mol. The van der Waals surface area contributed by atoms with E-state index in [2.05, 4.69) is 6.92 Å². The second-order valence-corrected chi connectivity index (χ2v) is 10.1. The molecular formula is C21H33N2O4+. The number of carbonyl (C=O) groups is 2. The van der Waals surface area contributed by atoms with Gasteiger partial charge in [-0.1, -0.05) is 6.92 Å². The zero-order chi connectivity index (χ0) is 18.8. The molecule has 5 fully saturated rings. The van der Waals surface area contributed by atoms with E-state index in [0.717, 1.165) is 52.2 Å². The third-order valence-corrected chi connectivity index (χ3v) is 8.50. The standard InChI is InChI=1S/C21H32N2O4/c1-14(24)23-8-6-22(7-9-23)12-16-15-10-18-20(2,11-17(15)27-19(16)25)4-3-5-21(18)13-26-21/h15-18H,3-13H2,1-2H3/p+1/t15-,16-,17-,18+,20-,21-/m1/s1. The van der Waals surface area contributed by atoms with E-state index < -0.39 is 0 Å². The fraction of sp³-hybridized carbons (Fsp3) is 0.905. The first-order valence-corrected chi connectivity index (χ1v) is 10.8. The van der Waals surface area contributed by atoms with Crippen LogP contribution in [-0.2, 0) is 19.1 Å². The van der Waals surface area contributed by atoms with E-state index >= 15 is 0 Å². The lowest BCUT2D eigenvalue weighted by Crippen LogP contribution is -3.15. The van der Waals surface area contributed by atoms with Crippen molar-refractivity contribution in [1.29, 1.82) is 0 Å². The molecule has 2 aliphatic carbocycles. The molecule has 6 nitrogen and oxygen atoms in total. The zero-order valence-electron chi connectivity index (χ0n) is 16.7. The van der Waals surface area contributed by atoms with Gasteiger partial charge in [0.25, 0.3) is 0 Å². The van der Waals surface area contributed by atoms with Crippen LogP contribution in [0.2, 0.25) is 0 Å². The molecule has 0 unspecified atom stereocenters. The molecule has 5 rings (SSSR count). The predicted octanol–water partition coefficient (Wildman–Crippen LogP) is 0.260. The molecule has 3 saturated heterocycles. The number of amides is 1. The molecule has 0 radical (unpaired) electrons. The lowest BCUT2D eigenvalue weighted by Gasteiger charge is -2.51. The molecule has 5 aliphatic rings. The van der Waals surface area contributed by atoms with Crippen molar-refractivity contribution in [3.8, 4) is 0 Å². The zero-order valence-corrected chi connectivity index (χ0v) is 16.7. The third-order valence-electron chi connectivity index (χ3n) is 8.50. The molecule has 0 aromatic carbocycles. The van der Waals surface area contributed by atoms with Crippen molar-refractivity contribution in [3.63, 3.8) is 0 Å². The number of nitrogens with one attached hydrogen (secondary N) is 1. The summed E-state index contributed by atoms with van der Waals surface area (Å²) in [6.45, 7) is 9.32. The molecule has 0 bridgehead atoms. The van der Waals surface area contributed by atoms with Gasteiger partial charge < -0.3 is 19.3 Å². The maximum atomic E-state index is 12.7. The van der Waals surface area contributed by atoms with Crippen molar-refractivity contribution in [3.05, 3.63) is 0 Å². The minimum atomic E-state index is 0.0242. The number of quaternary nitrogens is 1. The Morgan fingerprint density at radius 1 is 1.30 bits per heavy atom. The topological polar surface area (TPSA) is 63.6 Å². The molecule has 3 heterocycles. The molecule has 1 amide bonds. The molecule has 6 atom stereocenters. The minimum absolute atomic E-state index is 0.0242. The fourth-order valence-corrected chi connectivity index (χ4v) is 6.84. The summed E-state index contributed by atoms with van der Waals surface area (Å²) in [5.41, 5.74) is 0.388. The van der Waals surface area contributed by atoms with Crippen LogP contribution >= 0.6 is 0 Å². The summed E-state index contributed by atoms with van der Waals surface area (Å²) in [6, 6.07) is 0. The Morgan fingerprint density at radius 2 is 2.04 bits per heavy atom. The molecule has 0 aromatic rings. The summed E-state index contributed by atoms with van der Waals surface area (Å²) in [5.74, 6) is 1.15. The number of rotatable bonds is 2. The number of esters is 1. The largest absolute Gasteiger partial charge is 0.462 e. The van der Waals surface area contributed by atoms with Gasteiger partial charge >= 0.3 is 5.97 Å². The van der Waals surface area contributed by atoms with Crippen LogP contribution in [-0.4, -0.2) is 67.8 Å². The van der Waals surface area contributed by atoms with Crippen LogP contribution in [0.25, 0.3) is 0 Å². The molecule has 6 heteroatoms. The predicted molar refractivity (Wildman–Crippen MR) is 98.0 cm³/mol. The van der Waals surface area contributed by atoms with Gasteiger partial charge in [0, 0.05) is 12.8 Å². The summed E-state index contributed by atoms with van der Waals surface area (Å²) in [7, 11) is 0. The number of fused-ring (bicyclic) bond motifs is 3.